The van der Waals surface area contributed by atoms with Crippen molar-refractivity contribution in [3.05, 3.63) is 24.3 Å². The second-order valence-corrected chi connectivity index (χ2v) is 5.07. The van der Waals surface area contributed by atoms with E-state index < -0.39 is 6.10 Å². The fraction of sp³-hybridized carbons (Fsp3) is 0.562. The first-order chi connectivity index (χ1) is 10.2. The second kappa shape index (κ2) is 7.88. The topological polar surface area (TPSA) is 56.8 Å². The van der Waals surface area contributed by atoms with Crippen LogP contribution in [0.5, 0.6) is 11.5 Å². The third kappa shape index (κ3) is 4.63. The fourth-order valence-corrected chi connectivity index (χ4v) is 2.29. The summed E-state index contributed by atoms with van der Waals surface area (Å²) >= 11 is 0. The lowest BCUT2D eigenvalue weighted by molar-refractivity contribution is -0.128. The summed E-state index contributed by atoms with van der Waals surface area (Å²) in [6.07, 6.45) is 2.32. The second-order valence-electron chi connectivity index (χ2n) is 5.07. The van der Waals surface area contributed by atoms with Crippen LogP contribution in [0, 0.1) is 0 Å². The lowest BCUT2D eigenvalue weighted by Crippen LogP contribution is -2.41. The normalized spacial score (nSPS) is 19.0. The van der Waals surface area contributed by atoms with Crippen molar-refractivity contribution in [3.63, 3.8) is 0 Å². The highest BCUT2D eigenvalue weighted by Gasteiger charge is 2.21. The number of nitrogens with one attached hydrogen (secondary N) is 1. The highest BCUT2D eigenvalue weighted by Crippen LogP contribution is 2.20. The molecule has 1 aromatic carbocycles. The number of methoxy groups -OCH3 is 1. The van der Waals surface area contributed by atoms with E-state index in [0.717, 1.165) is 19.4 Å². The first-order valence-electron chi connectivity index (χ1n) is 7.43. The molecule has 116 valence electrons. The standard InChI is InChI=1S/C16H23NO4/c1-3-15(16(18)17-11-14-8-5-9-20-14)21-13-7-4-6-12(10-13)19-2/h4,6-7,10,14-15H,3,5,8-9,11H2,1-2H3,(H,17,18)/t14-,15+/m0/s1. The zero-order valence-electron chi connectivity index (χ0n) is 12.6. The smallest absolute Gasteiger partial charge is 0.261 e. The molecule has 1 amide bonds. The average molecular weight is 293 g/mol. The molecule has 2 rings (SSSR count). The van der Waals surface area contributed by atoms with Crippen LogP contribution in [0.3, 0.4) is 0 Å². The zero-order valence-corrected chi connectivity index (χ0v) is 12.6. The highest BCUT2D eigenvalue weighted by molar-refractivity contribution is 5.81. The molecule has 1 fully saturated rings. The van der Waals surface area contributed by atoms with E-state index in [2.05, 4.69) is 5.32 Å². The molecule has 1 saturated heterocycles. The van der Waals surface area contributed by atoms with Gasteiger partial charge in [0.1, 0.15) is 11.5 Å². The van der Waals surface area contributed by atoms with E-state index in [1.807, 2.05) is 25.1 Å². The summed E-state index contributed by atoms with van der Waals surface area (Å²) in [6.45, 7) is 3.27. The van der Waals surface area contributed by atoms with E-state index in [4.69, 9.17) is 14.2 Å². The number of benzene rings is 1. The van der Waals surface area contributed by atoms with Crippen LogP contribution in [-0.2, 0) is 9.53 Å². The van der Waals surface area contributed by atoms with E-state index in [1.54, 1.807) is 13.2 Å². The van der Waals surface area contributed by atoms with Crippen LogP contribution < -0.4 is 14.8 Å². The molecule has 0 spiro atoms. The molecule has 0 aliphatic carbocycles. The van der Waals surface area contributed by atoms with Crippen LogP contribution in [0.15, 0.2) is 24.3 Å². The first kappa shape index (κ1) is 15.6. The number of carbonyl (C=O) groups excluding carboxylic acids is 1. The Hall–Kier alpha value is -1.75. The predicted octanol–water partition coefficient (Wildman–Crippen LogP) is 2.15. The van der Waals surface area contributed by atoms with Crippen molar-refractivity contribution in [2.45, 2.75) is 38.4 Å². The van der Waals surface area contributed by atoms with Gasteiger partial charge in [-0.2, -0.15) is 0 Å². The molecule has 5 nitrogen and oxygen atoms in total. The lowest BCUT2D eigenvalue weighted by Gasteiger charge is -2.19. The molecular formula is C16H23NO4. The minimum atomic E-state index is -0.501. The molecule has 0 bridgehead atoms. The van der Waals surface area contributed by atoms with Crippen molar-refractivity contribution < 1.29 is 19.0 Å². The summed E-state index contributed by atoms with van der Waals surface area (Å²) < 4.78 is 16.4. The number of hydrogen-bond donors (Lipinski definition) is 1. The van der Waals surface area contributed by atoms with Crippen LogP contribution in [0.4, 0.5) is 0 Å². The lowest BCUT2D eigenvalue weighted by atomic mass is 10.2. The van der Waals surface area contributed by atoms with Crippen molar-refractivity contribution in [2.24, 2.45) is 0 Å². The van der Waals surface area contributed by atoms with Crippen LogP contribution in [0.25, 0.3) is 0 Å². The van der Waals surface area contributed by atoms with E-state index in [9.17, 15) is 4.79 Å². The van der Waals surface area contributed by atoms with Gasteiger partial charge < -0.3 is 19.5 Å². The molecular weight excluding hydrogens is 270 g/mol. The van der Waals surface area contributed by atoms with Crippen LogP contribution in [0.1, 0.15) is 26.2 Å². The Kier molecular flexibility index (Phi) is 5.87. The maximum Gasteiger partial charge on any atom is 0.261 e. The van der Waals surface area contributed by atoms with Crippen molar-refractivity contribution in [1.29, 1.82) is 0 Å². The molecule has 1 aromatic rings. The van der Waals surface area contributed by atoms with E-state index in [1.165, 1.54) is 0 Å². The number of ether oxygens (including phenoxy) is 3. The Morgan fingerprint density at radius 3 is 2.95 bits per heavy atom. The zero-order chi connectivity index (χ0) is 15.1. The molecule has 0 unspecified atom stereocenters. The van der Waals surface area contributed by atoms with Gasteiger partial charge in [-0.05, 0) is 31.4 Å². The van der Waals surface area contributed by atoms with Gasteiger partial charge in [0.25, 0.3) is 5.91 Å². The summed E-state index contributed by atoms with van der Waals surface area (Å²) in [5, 5.41) is 2.90. The van der Waals surface area contributed by atoms with Gasteiger partial charge in [0.2, 0.25) is 0 Å². The first-order valence-corrected chi connectivity index (χ1v) is 7.43. The third-order valence-electron chi connectivity index (χ3n) is 3.51. The van der Waals surface area contributed by atoms with Gasteiger partial charge in [-0.1, -0.05) is 13.0 Å². The predicted molar refractivity (Wildman–Crippen MR) is 79.7 cm³/mol. The monoisotopic (exact) mass is 293 g/mol. The molecule has 21 heavy (non-hydrogen) atoms. The Bertz CT molecular complexity index is 457. The Labute approximate surface area is 125 Å². The van der Waals surface area contributed by atoms with Crippen LogP contribution >= 0.6 is 0 Å². The molecule has 1 heterocycles. The molecule has 0 radical (unpaired) electrons. The number of carbonyl (C=O) groups is 1. The quantitative estimate of drug-likeness (QED) is 0.837. The number of amides is 1. The Morgan fingerprint density at radius 2 is 2.29 bits per heavy atom. The maximum absolute atomic E-state index is 12.2. The molecule has 2 atom stereocenters. The van der Waals surface area contributed by atoms with Crippen LogP contribution in [0.2, 0.25) is 0 Å². The van der Waals surface area contributed by atoms with Gasteiger partial charge >= 0.3 is 0 Å². The minimum Gasteiger partial charge on any atom is -0.497 e. The maximum atomic E-state index is 12.2. The summed E-state index contributed by atoms with van der Waals surface area (Å²) in [5.74, 6) is 1.24. The van der Waals surface area contributed by atoms with E-state index >= 15 is 0 Å². The minimum absolute atomic E-state index is 0.101. The van der Waals surface area contributed by atoms with Gasteiger partial charge in [0, 0.05) is 19.2 Å². The van der Waals surface area contributed by atoms with Gasteiger partial charge in [-0.3, -0.25) is 4.79 Å². The van der Waals surface area contributed by atoms with Crippen molar-refractivity contribution in [2.75, 3.05) is 20.3 Å². The SMILES string of the molecule is CC[C@@H](Oc1cccc(OC)c1)C(=O)NC[C@@H]1CCCO1. The third-order valence-corrected chi connectivity index (χ3v) is 3.51. The van der Waals surface area contributed by atoms with Crippen molar-refractivity contribution in [1.82, 2.24) is 5.32 Å². The summed E-state index contributed by atoms with van der Waals surface area (Å²) in [6, 6.07) is 7.27. The summed E-state index contributed by atoms with van der Waals surface area (Å²) in [7, 11) is 1.60. The van der Waals surface area contributed by atoms with Crippen molar-refractivity contribution in [3.8, 4) is 11.5 Å². The number of hydrogen-bond acceptors (Lipinski definition) is 4. The summed E-state index contributed by atoms with van der Waals surface area (Å²) in [4.78, 5) is 12.2. The van der Waals surface area contributed by atoms with Gasteiger partial charge in [0.15, 0.2) is 6.10 Å². The fourth-order valence-electron chi connectivity index (χ4n) is 2.29. The van der Waals surface area contributed by atoms with Gasteiger partial charge in [0.05, 0.1) is 13.2 Å². The van der Waals surface area contributed by atoms with Crippen LogP contribution in [-0.4, -0.2) is 38.4 Å². The molecule has 1 aliphatic heterocycles. The molecule has 0 aromatic heterocycles. The highest BCUT2D eigenvalue weighted by atomic mass is 16.5. The number of rotatable bonds is 7. The largest absolute Gasteiger partial charge is 0.497 e. The molecule has 0 saturated carbocycles. The average Bonchev–Trinajstić information content (AvgIpc) is 3.04. The Morgan fingerprint density at radius 1 is 1.48 bits per heavy atom. The van der Waals surface area contributed by atoms with E-state index in [-0.39, 0.29) is 12.0 Å². The van der Waals surface area contributed by atoms with Gasteiger partial charge in [-0.25, -0.2) is 0 Å². The van der Waals surface area contributed by atoms with Gasteiger partial charge in [-0.15, -0.1) is 0 Å². The van der Waals surface area contributed by atoms with E-state index in [0.29, 0.717) is 24.5 Å². The summed E-state index contributed by atoms with van der Waals surface area (Å²) in [5.41, 5.74) is 0. The van der Waals surface area contributed by atoms with Crippen molar-refractivity contribution >= 4 is 5.91 Å². The Balaban J connectivity index is 1.86. The molecule has 1 N–H and O–H groups in total. The molecule has 1 aliphatic rings. The molecule has 5 heteroatoms.